The lowest BCUT2D eigenvalue weighted by Crippen LogP contribution is -2.62. The van der Waals surface area contributed by atoms with E-state index in [1.165, 1.54) is 32.3 Å². The molecular formula is C47H72O17. The van der Waals surface area contributed by atoms with Gasteiger partial charge in [-0.1, -0.05) is 77.0 Å². The highest BCUT2D eigenvalue weighted by Crippen LogP contribution is 2.48. The van der Waals surface area contributed by atoms with Crippen molar-refractivity contribution >= 4 is 29.8 Å². The third kappa shape index (κ3) is 19.5. The minimum atomic E-state index is -2.03. The van der Waals surface area contributed by atoms with Crippen molar-refractivity contribution in [3.8, 4) is 0 Å². The molecule has 8 atom stereocenters. The third-order valence-corrected chi connectivity index (χ3v) is 10.9. The molecule has 2 bridgehead atoms. The Hall–Kier alpha value is -4.23. The molecule has 2 aliphatic rings. The second-order valence-electron chi connectivity index (χ2n) is 17.4. The van der Waals surface area contributed by atoms with Gasteiger partial charge in [0.1, 0.15) is 18.8 Å². The van der Waals surface area contributed by atoms with Crippen LogP contribution in [0.25, 0.3) is 0 Å². The highest BCUT2D eigenvalue weighted by molar-refractivity contribution is 5.84. The summed E-state index contributed by atoms with van der Waals surface area (Å²) in [6, 6.07) is 0. The first-order valence-corrected chi connectivity index (χ1v) is 21.9. The maximum atomic E-state index is 13.3. The molecule has 1 saturated heterocycles. The molecule has 1 fully saturated rings. The zero-order valence-electron chi connectivity index (χ0n) is 38.9. The first-order chi connectivity index (χ1) is 30.1. The van der Waals surface area contributed by atoms with Crippen molar-refractivity contribution in [1.82, 2.24) is 0 Å². The van der Waals surface area contributed by atoms with E-state index in [9.17, 15) is 44.4 Å². The Bertz CT molecular complexity index is 1680. The molecule has 1 unspecified atom stereocenters. The van der Waals surface area contributed by atoms with E-state index in [0.717, 1.165) is 18.9 Å². The summed E-state index contributed by atoms with van der Waals surface area (Å²) >= 11 is 0. The fourth-order valence-corrected chi connectivity index (χ4v) is 7.22. The van der Waals surface area contributed by atoms with Gasteiger partial charge in [0.15, 0.2) is 12.1 Å². The molecule has 0 aromatic heterocycles. The molecule has 17 heteroatoms. The summed E-state index contributed by atoms with van der Waals surface area (Å²) in [6.07, 6.45) is 4.90. The largest absolute Gasteiger partial charge is 0.466 e. The molecule has 2 heterocycles. The third-order valence-electron chi connectivity index (χ3n) is 10.9. The van der Waals surface area contributed by atoms with Crippen molar-refractivity contribution in [3.05, 3.63) is 59.8 Å². The number of esters is 5. The van der Waals surface area contributed by atoms with Gasteiger partial charge in [-0.25, -0.2) is 14.4 Å². The number of carbonyl (C=O) groups is 5. The standard InChI is InChI=1S/C47H72O17/c1-10-12-13-14-15-17-40(51)60-30-33(23-41(52)57-9)22-35-26-38(29-48)62-43(54)25-34(50)24-36-27-39(61-32(4)49)46(7,8)47(56,64-36)28-37(20-31(3)21-42(53)58-11-2)59-19-16-18-45(5,6)44(55)63-35/h13-18,21,23,34-39,44,48,50,55-56H,10-12,19-20,22,24-30H2,1-9H3/b14-13+,17-15+,18-16+,31-21-,33-23+/t34-,35+,36?,37+,38-,39+,44-,47+/m1/s1. The van der Waals surface area contributed by atoms with E-state index >= 15 is 0 Å². The second-order valence-corrected chi connectivity index (χ2v) is 17.4. The van der Waals surface area contributed by atoms with Crippen LogP contribution >= 0.6 is 0 Å². The van der Waals surface area contributed by atoms with Crippen LogP contribution in [-0.2, 0) is 61.9 Å². The molecule has 0 aliphatic carbocycles. The number of allylic oxidation sites excluding steroid dienone is 3. The van der Waals surface area contributed by atoms with Gasteiger partial charge in [0, 0.05) is 56.3 Å². The van der Waals surface area contributed by atoms with Crippen LogP contribution in [0.4, 0.5) is 0 Å². The van der Waals surface area contributed by atoms with Crippen molar-refractivity contribution < 1.29 is 82.3 Å². The normalized spacial score (nSPS) is 29.3. The monoisotopic (exact) mass is 908 g/mol. The number of hydrogen-bond donors (Lipinski definition) is 4. The number of methoxy groups -OCH3 is 1. The van der Waals surface area contributed by atoms with E-state index in [1.54, 1.807) is 59.8 Å². The smallest absolute Gasteiger partial charge is 0.331 e. The number of rotatable bonds is 15. The number of cyclic esters (lactones) is 1. The lowest BCUT2D eigenvalue weighted by molar-refractivity contribution is -0.347. The van der Waals surface area contributed by atoms with E-state index in [2.05, 4.69) is 0 Å². The van der Waals surface area contributed by atoms with Gasteiger partial charge in [-0.3, -0.25) is 9.59 Å². The van der Waals surface area contributed by atoms with Gasteiger partial charge >= 0.3 is 29.8 Å². The summed E-state index contributed by atoms with van der Waals surface area (Å²) in [5, 5.41) is 45.5. The van der Waals surface area contributed by atoms with Gasteiger partial charge in [0.05, 0.1) is 63.2 Å². The molecule has 4 N–H and O–H groups in total. The number of aliphatic hydroxyl groups is 4. The molecule has 0 aromatic rings. The van der Waals surface area contributed by atoms with Gasteiger partial charge in [-0.15, -0.1) is 0 Å². The van der Waals surface area contributed by atoms with Gasteiger partial charge in [-0.2, -0.15) is 0 Å². The second kappa shape index (κ2) is 27.3. The van der Waals surface area contributed by atoms with E-state index in [4.69, 9.17) is 37.9 Å². The van der Waals surface area contributed by atoms with E-state index < -0.39 is 102 Å². The summed E-state index contributed by atoms with van der Waals surface area (Å²) in [5.74, 6) is -5.53. The molecule has 0 amide bonds. The maximum absolute atomic E-state index is 13.3. The van der Waals surface area contributed by atoms with E-state index in [1.807, 2.05) is 13.0 Å². The molecular weight excluding hydrogens is 836 g/mol. The van der Waals surface area contributed by atoms with Gasteiger partial charge in [0.25, 0.3) is 0 Å². The number of hydrogen-bond acceptors (Lipinski definition) is 17. The average Bonchev–Trinajstić information content (AvgIpc) is 3.19. The Kier molecular flexibility index (Phi) is 23.8. The number of unbranched alkanes of at least 4 members (excludes halogenated alkanes) is 1. The van der Waals surface area contributed by atoms with Crippen molar-refractivity contribution in [1.29, 1.82) is 0 Å². The number of carbonyl (C=O) groups excluding carboxylic acids is 5. The van der Waals surface area contributed by atoms with Crippen molar-refractivity contribution in [2.75, 3.05) is 33.5 Å². The summed E-state index contributed by atoms with van der Waals surface area (Å²) < 4.78 is 45.4. The zero-order chi connectivity index (χ0) is 48.1. The Morgan fingerprint density at radius 1 is 0.906 bits per heavy atom. The summed E-state index contributed by atoms with van der Waals surface area (Å²) in [7, 11) is 1.17. The fraction of sp³-hybridized carbons (Fsp3) is 0.681. The molecule has 362 valence electrons. The number of aliphatic hydroxyl groups excluding tert-OH is 3. The van der Waals surface area contributed by atoms with Gasteiger partial charge in [-0.05, 0) is 38.7 Å². The highest BCUT2D eigenvalue weighted by atomic mass is 16.6. The molecule has 0 radical (unpaired) electrons. The summed E-state index contributed by atoms with van der Waals surface area (Å²) in [5.41, 5.74) is -1.55. The lowest BCUT2D eigenvalue weighted by atomic mass is 9.70. The van der Waals surface area contributed by atoms with E-state index in [-0.39, 0.29) is 63.9 Å². The Balaban J connectivity index is 2.59. The van der Waals surface area contributed by atoms with Crippen LogP contribution in [0.1, 0.15) is 113 Å². The summed E-state index contributed by atoms with van der Waals surface area (Å²) in [6.45, 7) is 12.4. The van der Waals surface area contributed by atoms with Gasteiger partial charge < -0.3 is 58.3 Å². The molecule has 0 saturated carbocycles. The van der Waals surface area contributed by atoms with Crippen LogP contribution in [0.15, 0.2) is 59.8 Å². The molecule has 0 aromatic carbocycles. The maximum Gasteiger partial charge on any atom is 0.331 e. The molecule has 0 spiro atoms. The van der Waals surface area contributed by atoms with Crippen LogP contribution in [0.3, 0.4) is 0 Å². The predicted molar refractivity (Wildman–Crippen MR) is 233 cm³/mol. The summed E-state index contributed by atoms with van der Waals surface area (Å²) in [4.78, 5) is 62.9. The Morgan fingerprint density at radius 3 is 2.27 bits per heavy atom. The fourth-order valence-electron chi connectivity index (χ4n) is 7.22. The molecule has 2 rings (SSSR count). The molecule has 2 aliphatic heterocycles. The Morgan fingerprint density at radius 2 is 1.62 bits per heavy atom. The predicted octanol–water partition coefficient (Wildman–Crippen LogP) is 4.78. The van der Waals surface area contributed by atoms with Crippen LogP contribution in [-0.4, -0.2) is 133 Å². The van der Waals surface area contributed by atoms with Crippen molar-refractivity contribution in [2.45, 2.75) is 162 Å². The van der Waals surface area contributed by atoms with Crippen molar-refractivity contribution in [3.63, 3.8) is 0 Å². The first kappa shape index (κ1) is 55.9. The van der Waals surface area contributed by atoms with Crippen LogP contribution in [0, 0.1) is 10.8 Å². The molecule has 17 nitrogen and oxygen atoms in total. The average molecular weight is 909 g/mol. The number of fused-ring (bicyclic) bond motifs is 2. The number of ether oxygens (including phenoxy) is 8. The van der Waals surface area contributed by atoms with Crippen molar-refractivity contribution in [2.24, 2.45) is 10.8 Å². The first-order valence-electron chi connectivity index (χ1n) is 21.9. The van der Waals surface area contributed by atoms with Gasteiger partial charge in [0.2, 0.25) is 0 Å². The minimum Gasteiger partial charge on any atom is -0.466 e. The quantitative estimate of drug-likeness (QED) is 0.0569. The minimum absolute atomic E-state index is 0.0499. The van der Waals surface area contributed by atoms with Crippen LogP contribution < -0.4 is 0 Å². The lowest BCUT2D eigenvalue weighted by Gasteiger charge is -2.53. The highest BCUT2D eigenvalue weighted by Gasteiger charge is 2.57. The van der Waals surface area contributed by atoms with E-state index in [0.29, 0.717) is 5.57 Å². The zero-order valence-corrected chi connectivity index (χ0v) is 38.9. The Labute approximate surface area is 377 Å². The topological polar surface area (TPSA) is 240 Å². The van der Waals surface area contributed by atoms with Crippen LogP contribution in [0.2, 0.25) is 0 Å². The molecule has 64 heavy (non-hydrogen) atoms. The van der Waals surface area contributed by atoms with Crippen LogP contribution in [0.5, 0.6) is 0 Å². The SMILES string of the molecule is CCC/C=C/C=C/C(=O)OC/C(=C/C(=O)OC)C[C@H]1C[C@H](CO)OC(=O)C[C@H](O)CC2C[C@H](OC(C)=O)C(C)(C)[C@](O)(C[C@H](C/C(C)=C\C(=O)OCC)OC/C=C/C(C)(C)[C@H](O)O1)O2.